The van der Waals surface area contributed by atoms with Crippen LogP contribution in [0.2, 0.25) is 0 Å². The normalized spacial score (nSPS) is 27.4. The highest BCUT2D eigenvalue weighted by molar-refractivity contribution is 5.15. The Hall–Kier alpha value is -1.13. The Morgan fingerprint density at radius 1 is 1.56 bits per heavy atom. The third-order valence-electron chi connectivity index (χ3n) is 3.96. The van der Waals surface area contributed by atoms with Crippen LogP contribution in [-0.2, 0) is 6.54 Å². The van der Waals surface area contributed by atoms with Crippen LogP contribution in [0, 0.1) is 5.41 Å². The lowest BCUT2D eigenvalue weighted by molar-refractivity contribution is 0.118. The van der Waals surface area contributed by atoms with E-state index < -0.39 is 0 Å². The van der Waals surface area contributed by atoms with E-state index in [0.29, 0.717) is 11.9 Å². The van der Waals surface area contributed by atoms with Gasteiger partial charge in [0.2, 0.25) is 5.88 Å². The van der Waals surface area contributed by atoms with Crippen molar-refractivity contribution in [2.45, 2.75) is 38.8 Å². The number of aromatic nitrogens is 1. The summed E-state index contributed by atoms with van der Waals surface area (Å²) >= 11 is 0. The Morgan fingerprint density at radius 2 is 2.39 bits per heavy atom. The van der Waals surface area contributed by atoms with E-state index in [9.17, 15) is 5.11 Å². The molecule has 18 heavy (non-hydrogen) atoms. The monoisotopic (exact) mass is 250 g/mol. The quantitative estimate of drug-likeness (QED) is 0.835. The molecule has 2 N–H and O–H groups in total. The highest BCUT2D eigenvalue weighted by Gasteiger charge is 2.37. The van der Waals surface area contributed by atoms with Gasteiger partial charge in [-0.15, -0.1) is 0 Å². The summed E-state index contributed by atoms with van der Waals surface area (Å²) in [6, 6.07) is 6.15. The molecule has 1 saturated carbocycles. The van der Waals surface area contributed by atoms with Crippen molar-refractivity contribution in [3.05, 3.63) is 23.9 Å². The number of pyridine rings is 1. The van der Waals surface area contributed by atoms with E-state index in [1.807, 2.05) is 18.2 Å². The first-order chi connectivity index (χ1) is 8.68. The Bertz CT molecular complexity index is 397. The third kappa shape index (κ3) is 2.82. The fourth-order valence-electron chi connectivity index (χ4n) is 2.67. The molecule has 100 valence electrons. The van der Waals surface area contributed by atoms with Gasteiger partial charge in [-0.25, -0.2) is 4.98 Å². The number of hydrogen-bond donors (Lipinski definition) is 2. The zero-order valence-corrected chi connectivity index (χ0v) is 11.1. The van der Waals surface area contributed by atoms with Crippen molar-refractivity contribution in [3.8, 4) is 5.88 Å². The molecule has 1 fully saturated rings. The fourth-order valence-corrected chi connectivity index (χ4v) is 2.67. The Balaban J connectivity index is 1.94. The van der Waals surface area contributed by atoms with Crippen molar-refractivity contribution < 1.29 is 9.84 Å². The second-order valence-corrected chi connectivity index (χ2v) is 5.31. The second kappa shape index (κ2) is 5.67. The van der Waals surface area contributed by atoms with Crippen LogP contribution in [0.5, 0.6) is 5.88 Å². The van der Waals surface area contributed by atoms with Gasteiger partial charge >= 0.3 is 0 Å². The number of nitrogens with one attached hydrogen (secondary N) is 1. The minimum absolute atomic E-state index is 0.0128. The van der Waals surface area contributed by atoms with Crippen LogP contribution in [0.4, 0.5) is 0 Å². The van der Waals surface area contributed by atoms with Crippen molar-refractivity contribution in [3.63, 3.8) is 0 Å². The molecule has 0 saturated heterocycles. The highest BCUT2D eigenvalue weighted by Crippen LogP contribution is 2.37. The molecule has 4 heteroatoms. The molecule has 1 aliphatic carbocycles. The van der Waals surface area contributed by atoms with E-state index in [0.717, 1.165) is 25.1 Å². The molecular weight excluding hydrogens is 228 g/mol. The van der Waals surface area contributed by atoms with Gasteiger partial charge < -0.3 is 15.2 Å². The Morgan fingerprint density at radius 3 is 3.11 bits per heavy atom. The summed E-state index contributed by atoms with van der Waals surface area (Å²) in [5.74, 6) is 0.644. The van der Waals surface area contributed by atoms with E-state index in [1.165, 1.54) is 6.42 Å². The maximum absolute atomic E-state index is 9.50. The maximum atomic E-state index is 9.50. The van der Waals surface area contributed by atoms with E-state index in [2.05, 4.69) is 17.2 Å². The van der Waals surface area contributed by atoms with Crippen molar-refractivity contribution in [1.82, 2.24) is 10.3 Å². The zero-order chi connectivity index (χ0) is 13.0. The van der Waals surface area contributed by atoms with Crippen molar-refractivity contribution in [1.29, 1.82) is 0 Å². The molecular formula is C14H22N2O2. The predicted molar refractivity (Wildman–Crippen MR) is 70.5 cm³/mol. The highest BCUT2D eigenvalue weighted by atomic mass is 16.5. The second-order valence-electron chi connectivity index (χ2n) is 5.31. The van der Waals surface area contributed by atoms with E-state index in [1.54, 1.807) is 7.11 Å². The molecule has 0 aliphatic heterocycles. The molecule has 1 aromatic rings. The van der Waals surface area contributed by atoms with E-state index in [4.69, 9.17) is 4.74 Å². The molecule has 0 amide bonds. The molecule has 0 unspecified atom stereocenters. The largest absolute Gasteiger partial charge is 0.481 e. The average Bonchev–Trinajstić information content (AvgIpc) is 2.79. The molecule has 1 heterocycles. The van der Waals surface area contributed by atoms with Crippen LogP contribution in [0.15, 0.2) is 18.2 Å². The van der Waals surface area contributed by atoms with Gasteiger partial charge in [0.25, 0.3) is 0 Å². The number of aliphatic hydroxyl groups excluding tert-OH is 1. The molecule has 0 aromatic carbocycles. The van der Waals surface area contributed by atoms with Crippen LogP contribution in [0.3, 0.4) is 0 Å². The molecule has 1 aromatic heterocycles. The number of hydrogen-bond acceptors (Lipinski definition) is 4. The van der Waals surface area contributed by atoms with Crippen molar-refractivity contribution in [2.75, 3.05) is 13.7 Å². The zero-order valence-electron chi connectivity index (χ0n) is 11.1. The summed E-state index contributed by atoms with van der Waals surface area (Å²) in [7, 11) is 1.62. The van der Waals surface area contributed by atoms with Gasteiger partial charge in [0.1, 0.15) is 0 Å². The standard InChI is InChI=1S/C14H22N2O2/c1-14(10-17)8-4-6-12(14)15-9-11-5-3-7-13(16-11)18-2/h3,5,7,12,15,17H,4,6,8-10H2,1-2H3/t12-,14-/m1/s1. The lowest BCUT2D eigenvalue weighted by Gasteiger charge is -2.30. The minimum Gasteiger partial charge on any atom is -0.481 e. The first-order valence-corrected chi connectivity index (χ1v) is 6.52. The van der Waals surface area contributed by atoms with Crippen LogP contribution < -0.4 is 10.1 Å². The number of nitrogens with zero attached hydrogens (tertiary/aromatic N) is 1. The topological polar surface area (TPSA) is 54.4 Å². The van der Waals surface area contributed by atoms with Gasteiger partial charge in [0, 0.05) is 30.7 Å². The van der Waals surface area contributed by atoms with E-state index >= 15 is 0 Å². The number of rotatable bonds is 5. The lowest BCUT2D eigenvalue weighted by atomic mass is 9.86. The van der Waals surface area contributed by atoms with Gasteiger partial charge in [-0.3, -0.25) is 0 Å². The average molecular weight is 250 g/mol. The van der Waals surface area contributed by atoms with E-state index in [-0.39, 0.29) is 12.0 Å². The molecule has 2 atom stereocenters. The van der Waals surface area contributed by atoms with Gasteiger partial charge in [0.05, 0.1) is 12.8 Å². The minimum atomic E-state index is 0.0128. The summed E-state index contributed by atoms with van der Waals surface area (Å²) in [4.78, 5) is 4.38. The Labute approximate surface area is 108 Å². The lowest BCUT2D eigenvalue weighted by Crippen LogP contribution is -2.41. The summed E-state index contributed by atoms with van der Waals surface area (Å²) in [5.41, 5.74) is 0.986. The van der Waals surface area contributed by atoms with Gasteiger partial charge in [-0.2, -0.15) is 0 Å². The third-order valence-corrected chi connectivity index (χ3v) is 3.96. The molecule has 4 nitrogen and oxygen atoms in total. The summed E-state index contributed by atoms with van der Waals surface area (Å²) in [6.45, 7) is 3.12. The molecule has 0 bridgehead atoms. The molecule has 0 radical (unpaired) electrons. The predicted octanol–water partition coefficient (Wildman–Crippen LogP) is 1.73. The molecule has 2 rings (SSSR count). The van der Waals surface area contributed by atoms with Crippen molar-refractivity contribution in [2.24, 2.45) is 5.41 Å². The van der Waals surface area contributed by atoms with Crippen molar-refractivity contribution >= 4 is 0 Å². The van der Waals surface area contributed by atoms with Crippen LogP contribution in [0.25, 0.3) is 0 Å². The molecule has 1 aliphatic rings. The number of aliphatic hydroxyl groups is 1. The first kappa shape index (κ1) is 13.3. The van der Waals surface area contributed by atoms with Gasteiger partial charge in [0.15, 0.2) is 0 Å². The summed E-state index contributed by atoms with van der Waals surface area (Å²) in [6.07, 6.45) is 3.40. The first-order valence-electron chi connectivity index (χ1n) is 6.52. The number of methoxy groups -OCH3 is 1. The molecule has 0 spiro atoms. The maximum Gasteiger partial charge on any atom is 0.213 e. The SMILES string of the molecule is COc1cccc(CN[C@@H]2CCC[C@]2(C)CO)n1. The summed E-state index contributed by atoms with van der Waals surface area (Å²) < 4.78 is 5.11. The van der Waals surface area contributed by atoms with Crippen LogP contribution >= 0.6 is 0 Å². The van der Waals surface area contributed by atoms with Gasteiger partial charge in [-0.05, 0) is 18.9 Å². The number of ether oxygens (including phenoxy) is 1. The fraction of sp³-hybridized carbons (Fsp3) is 0.643. The smallest absolute Gasteiger partial charge is 0.213 e. The Kier molecular flexibility index (Phi) is 4.19. The van der Waals surface area contributed by atoms with Crippen LogP contribution in [-0.4, -0.2) is 29.8 Å². The summed E-state index contributed by atoms with van der Waals surface area (Å²) in [5, 5.41) is 13.0. The van der Waals surface area contributed by atoms with Crippen LogP contribution in [0.1, 0.15) is 31.9 Å². The van der Waals surface area contributed by atoms with Gasteiger partial charge in [-0.1, -0.05) is 19.4 Å².